The topological polar surface area (TPSA) is 83.5 Å². The summed E-state index contributed by atoms with van der Waals surface area (Å²) in [6, 6.07) is 15.3. The van der Waals surface area contributed by atoms with E-state index in [1.807, 2.05) is 30.3 Å². The maximum absolute atomic E-state index is 12.5. The quantitative estimate of drug-likeness (QED) is 0.680. The zero-order valence-electron chi connectivity index (χ0n) is 15.0. The van der Waals surface area contributed by atoms with E-state index in [2.05, 4.69) is 4.72 Å². The summed E-state index contributed by atoms with van der Waals surface area (Å²) in [7, 11) is -7.19. The van der Waals surface area contributed by atoms with E-state index in [-0.39, 0.29) is 9.79 Å². The number of hydrogen-bond donors (Lipinski definition) is 1. The standard InChI is InChI=1S/C19H24N2O4S2/c22-26(23,20-14-6-9-17-7-2-1-3-8-17)18-10-12-19(13-11-18)27(24,25)21-15-4-5-16-21/h1-3,7-8,10-13,20H,4-6,9,14-16H2. The first-order valence-corrected chi connectivity index (χ1v) is 12.0. The summed E-state index contributed by atoms with van der Waals surface area (Å²) < 4.78 is 53.8. The van der Waals surface area contributed by atoms with E-state index >= 15 is 0 Å². The van der Waals surface area contributed by atoms with E-state index in [0.717, 1.165) is 24.8 Å². The van der Waals surface area contributed by atoms with Crippen molar-refractivity contribution >= 4 is 20.0 Å². The first-order valence-electron chi connectivity index (χ1n) is 9.03. The van der Waals surface area contributed by atoms with Crippen LogP contribution in [-0.2, 0) is 26.5 Å². The second-order valence-electron chi connectivity index (χ2n) is 6.57. The van der Waals surface area contributed by atoms with Crippen LogP contribution in [0.5, 0.6) is 0 Å². The Balaban J connectivity index is 1.59. The van der Waals surface area contributed by atoms with Crippen molar-refractivity contribution in [2.24, 2.45) is 0 Å². The molecule has 0 spiro atoms. The Morgan fingerprint density at radius 3 is 2.04 bits per heavy atom. The van der Waals surface area contributed by atoms with Crippen LogP contribution in [0.1, 0.15) is 24.8 Å². The normalized spacial score (nSPS) is 15.9. The second kappa shape index (κ2) is 8.52. The molecule has 8 heteroatoms. The SMILES string of the molecule is O=S(=O)(NCCCc1ccccc1)c1ccc(S(=O)(=O)N2CCCC2)cc1. The fourth-order valence-corrected chi connectivity index (χ4v) is 5.69. The highest BCUT2D eigenvalue weighted by Gasteiger charge is 2.27. The van der Waals surface area contributed by atoms with Crippen LogP contribution in [0, 0.1) is 0 Å². The van der Waals surface area contributed by atoms with E-state index in [1.165, 1.54) is 28.6 Å². The van der Waals surface area contributed by atoms with Gasteiger partial charge >= 0.3 is 0 Å². The summed E-state index contributed by atoms with van der Waals surface area (Å²) in [5.74, 6) is 0. The minimum Gasteiger partial charge on any atom is -0.211 e. The third kappa shape index (κ3) is 4.95. The molecule has 0 radical (unpaired) electrons. The molecule has 27 heavy (non-hydrogen) atoms. The molecule has 0 bridgehead atoms. The molecule has 2 aromatic rings. The molecule has 0 aromatic heterocycles. The predicted molar refractivity (Wildman–Crippen MR) is 104 cm³/mol. The summed E-state index contributed by atoms with van der Waals surface area (Å²) in [6.07, 6.45) is 3.19. The second-order valence-corrected chi connectivity index (χ2v) is 10.3. The molecule has 0 saturated carbocycles. The lowest BCUT2D eigenvalue weighted by molar-refractivity contribution is 0.477. The number of nitrogens with one attached hydrogen (secondary N) is 1. The van der Waals surface area contributed by atoms with Crippen molar-refractivity contribution in [3.05, 3.63) is 60.2 Å². The van der Waals surface area contributed by atoms with Crippen molar-refractivity contribution in [2.45, 2.75) is 35.5 Å². The molecule has 6 nitrogen and oxygen atoms in total. The molecule has 1 aliphatic rings. The van der Waals surface area contributed by atoms with Gasteiger partial charge in [-0.3, -0.25) is 0 Å². The van der Waals surface area contributed by atoms with Crippen molar-refractivity contribution < 1.29 is 16.8 Å². The van der Waals surface area contributed by atoms with Crippen LogP contribution in [-0.4, -0.2) is 40.8 Å². The van der Waals surface area contributed by atoms with Gasteiger partial charge in [0.15, 0.2) is 0 Å². The van der Waals surface area contributed by atoms with Gasteiger partial charge in [0.2, 0.25) is 20.0 Å². The van der Waals surface area contributed by atoms with Gasteiger partial charge in [-0.1, -0.05) is 30.3 Å². The number of benzene rings is 2. The smallest absolute Gasteiger partial charge is 0.211 e. The summed E-state index contributed by atoms with van der Waals surface area (Å²) in [5.41, 5.74) is 1.16. The van der Waals surface area contributed by atoms with Gasteiger partial charge in [-0.05, 0) is 55.5 Å². The minimum atomic E-state index is -3.65. The molecular formula is C19H24N2O4S2. The lowest BCUT2D eigenvalue weighted by atomic mass is 10.1. The third-order valence-electron chi connectivity index (χ3n) is 4.61. The molecule has 1 heterocycles. The van der Waals surface area contributed by atoms with Crippen LogP contribution in [0.3, 0.4) is 0 Å². The van der Waals surface area contributed by atoms with Crippen molar-refractivity contribution in [1.29, 1.82) is 0 Å². The van der Waals surface area contributed by atoms with Crippen molar-refractivity contribution in [2.75, 3.05) is 19.6 Å². The van der Waals surface area contributed by atoms with Crippen LogP contribution >= 0.6 is 0 Å². The monoisotopic (exact) mass is 408 g/mol. The van der Waals surface area contributed by atoms with Crippen molar-refractivity contribution in [1.82, 2.24) is 9.03 Å². The number of hydrogen-bond acceptors (Lipinski definition) is 4. The Morgan fingerprint density at radius 2 is 1.41 bits per heavy atom. The van der Waals surface area contributed by atoms with E-state index < -0.39 is 20.0 Å². The van der Waals surface area contributed by atoms with Crippen LogP contribution < -0.4 is 4.72 Å². The molecule has 0 amide bonds. The summed E-state index contributed by atoms with van der Waals surface area (Å²) in [5, 5.41) is 0. The Bertz CT molecular complexity index is 951. The fourth-order valence-electron chi connectivity index (χ4n) is 3.10. The van der Waals surface area contributed by atoms with Crippen molar-refractivity contribution in [3.63, 3.8) is 0 Å². The van der Waals surface area contributed by atoms with Gasteiger partial charge in [-0.25, -0.2) is 21.6 Å². The lowest BCUT2D eigenvalue weighted by Gasteiger charge is -2.15. The number of sulfonamides is 2. The highest BCUT2D eigenvalue weighted by atomic mass is 32.2. The third-order valence-corrected chi connectivity index (χ3v) is 8.00. The molecule has 0 unspecified atom stereocenters. The largest absolute Gasteiger partial charge is 0.243 e. The first-order chi connectivity index (χ1) is 12.9. The molecule has 2 aromatic carbocycles. The van der Waals surface area contributed by atoms with E-state index in [0.29, 0.717) is 26.1 Å². The Kier molecular flexibility index (Phi) is 6.31. The Hall–Kier alpha value is -1.74. The van der Waals surface area contributed by atoms with E-state index in [9.17, 15) is 16.8 Å². The fraction of sp³-hybridized carbons (Fsp3) is 0.368. The first kappa shape index (κ1) is 20.0. The van der Waals surface area contributed by atoms with Crippen molar-refractivity contribution in [3.8, 4) is 0 Å². The number of nitrogens with zero attached hydrogens (tertiary/aromatic N) is 1. The average molecular weight is 409 g/mol. The molecule has 1 saturated heterocycles. The molecular weight excluding hydrogens is 384 g/mol. The van der Waals surface area contributed by atoms with Crippen LogP contribution in [0.2, 0.25) is 0 Å². The molecule has 146 valence electrons. The lowest BCUT2D eigenvalue weighted by Crippen LogP contribution is -2.28. The van der Waals surface area contributed by atoms with Crippen LogP contribution in [0.15, 0.2) is 64.4 Å². The molecule has 3 rings (SSSR count). The van der Waals surface area contributed by atoms with Gasteiger partial charge in [0, 0.05) is 19.6 Å². The zero-order valence-corrected chi connectivity index (χ0v) is 16.7. The van der Waals surface area contributed by atoms with Gasteiger partial charge in [-0.2, -0.15) is 4.31 Å². The minimum absolute atomic E-state index is 0.0718. The van der Waals surface area contributed by atoms with Crippen LogP contribution in [0.4, 0.5) is 0 Å². The maximum Gasteiger partial charge on any atom is 0.243 e. The molecule has 1 aliphatic heterocycles. The van der Waals surface area contributed by atoms with Gasteiger partial charge in [-0.15, -0.1) is 0 Å². The van der Waals surface area contributed by atoms with E-state index in [4.69, 9.17) is 0 Å². The Labute approximate surface area is 161 Å². The highest BCUT2D eigenvalue weighted by molar-refractivity contribution is 7.89. The van der Waals surface area contributed by atoms with Gasteiger partial charge in [0.1, 0.15) is 0 Å². The summed E-state index contributed by atoms with van der Waals surface area (Å²) >= 11 is 0. The molecule has 0 atom stereocenters. The van der Waals surface area contributed by atoms with Gasteiger partial charge in [0.25, 0.3) is 0 Å². The van der Waals surface area contributed by atoms with E-state index in [1.54, 1.807) is 0 Å². The predicted octanol–water partition coefficient (Wildman–Crippen LogP) is 2.38. The molecule has 1 N–H and O–H groups in total. The number of aryl methyl sites for hydroxylation is 1. The highest BCUT2D eigenvalue weighted by Crippen LogP contribution is 2.22. The number of rotatable bonds is 8. The molecule has 0 aliphatic carbocycles. The molecule has 1 fully saturated rings. The van der Waals surface area contributed by atoms with Gasteiger partial charge in [0.05, 0.1) is 9.79 Å². The zero-order chi connectivity index (χ0) is 19.3. The average Bonchev–Trinajstić information content (AvgIpc) is 3.22. The van der Waals surface area contributed by atoms with Crippen LogP contribution in [0.25, 0.3) is 0 Å². The summed E-state index contributed by atoms with van der Waals surface area (Å²) in [6.45, 7) is 1.36. The Morgan fingerprint density at radius 1 is 0.815 bits per heavy atom. The summed E-state index contributed by atoms with van der Waals surface area (Å²) in [4.78, 5) is 0.204. The maximum atomic E-state index is 12.5. The van der Waals surface area contributed by atoms with Gasteiger partial charge < -0.3 is 0 Å².